The number of carbonyl (C=O) groups is 1. The lowest BCUT2D eigenvalue weighted by Gasteiger charge is -2.09. The number of aliphatic imine (C=N–C) groups is 1. The van der Waals surface area contributed by atoms with E-state index in [1.807, 2.05) is 0 Å². The third-order valence-corrected chi connectivity index (χ3v) is 2.20. The molecule has 0 aromatic heterocycles. The SMILES string of the molecule is COc1cc(N=C(N)CCl)ccc1OCC(N)=O. The van der Waals surface area contributed by atoms with Gasteiger partial charge in [0.25, 0.3) is 5.91 Å². The Morgan fingerprint density at radius 1 is 1.39 bits per heavy atom. The molecule has 0 aliphatic carbocycles. The van der Waals surface area contributed by atoms with E-state index in [4.69, 9.17) is 32.5 Å². The van der Waals surface area contributed by atoms with Crippen LogP contribution in [-0.4, -0.2) is 31.3 Å². The topological polar surface area (TPSA) is 99.9 Å². The van der Waals surface area contributed by atoms with Gasteiger partial charge in [0.2, 0.25) is 0 Å². The van der Waals surface area contributed by atoms with Gasteiger partial charge in [0, 0.05) is 6.07 Å². The molecule has 7 heteroatoms. The van der Waals surface area contributed by atoms with Gasteiger partial charge in [-0.3, -0.25) is 4.79 Å². The maximum Gasteiger partial charge on any atom is 0.255 e. The highest BCUT2D eigenvalue weighted by molar-refractivity contribution is 6.28. The number of halogens is 1. The second kappa shape index (κ2) is 6.70. The van der Waals surface area contributed by atoms with Gasteiger partial charge in [-0.05, 0) is 12.1 Å². The first-order valence-electron chi connectivity index (χ1n) is 5.05. The van der Waals surface area contributed by atoms with Gasteiger partial charge in [-0.1, -0.05) is 0 Å². The number of amidine groups is 1. The van der Waals surface area contributed by atoms with Gasteiger partial charge in [0.15, 0.2) is 18.1 Å². The van der Waals surface area contributed by atoms with Gasteiger partial charge in [-0.2, -0.15) is 0 Å². The molecule has 0 aliphatic rings. The van der Waals surface area contributed by atoms with Crippen molar-refractivity contribution in [2.45, 2.75) is 0 Å². The van der Waals surface area contributed by atoms with Crippen molar-refractivity contribution in [2.75, 3.05) is 19.6 Å². The number of rotatable bonds is 6. The van der Waals surface area contributed by atoms with Crippen LogP contribution in [0.3, 0.4) is 0 Å². The molecule has 0 bridgehead atoms. The molecule has 0 radical (unpaired) electrons. The van der Waals surface area contributed by atoms with Crippen LogP contribution in [0.25, 0.3) is 0 Å². The van der Waals surface area contributed by atoms with Crippen molar-refractivity contribution < 1.29 is 14.3 Å². The van der Waals surface area contributed by atoms with Gasteiger partial charge in [0.05, 0.1) is 18.7 Å². The summed E-state index contributed by atoms with van der Waals surface area (Å²) < 4.78 is 10.3. The van der Waals surface area contributed by atoms with Gasteiger partial charge in [-0.25, -0.2) is 4.99 Å². The Balaban J connectivity index is 2.92. The largest absolute Gasteiger partial charge is 0.493 e. The summed E-state index contributed by atoms with van der Waals surface area (Å²) in [6.45, 7) is -0.219. The number of alkyl halides is 1. The average Bonchev–Trinajstić information content (AvgIpc) is 2.36. The second-order valence-electron chi connectivity index (χ2n) is 3.33. The Bertz CT molecular complexity index is 463. The summed E-state index contributed by atoms with van der Waals surface area (Å²) in [6, 6.07) is 4.90. The number of benzene rings is 1. The Hall–Kier alpha value is -1.95. The zero-order valence-corrected chi connectivity index (χ0v) is 10.6. The molecule has 1 aromatic carbocycles. The fraction of sp³-hybridized carbons (Fsp3) is 0.273. The fourth-order valence-corrected chi connectivity index (χ4v) is 1.25. The Labute approximate surface area is 110 Å². The number of nitrogens with zero attached hydrogens (tertiary/aromatic N) is 1. The second-order valence-corrected chi connectivity index (χ2v) is 3.59. The standard InChI is InChI=1S/C11H14ClN3O3/c1-17-9-4-7(15-10(13)5-12)2-3-8(9)18-6-11(14)16/h2-4H,5-6H2,1H3,(H2,13,15)(H2,14,16). The Kier molecular flexibility index (Phi) is 5.26. The van der Waals surface area contributed by atoms with Crippen molar-refractivity contribution in [2.24, 2.45) is 16.5 Å². The molecule has 0 saturated heterocycles. The van der Waals surface area contributed by atoms with Crippen LogP contribution >= 0.6 is 11.6 Å². The van der Waals surface area contributed by atoms with Gasteiger partial charge in [0.1, 0.15) is 5.84 Å². The number of nitrogens with two attached hydrogens (primary N) is 2. The summed E-state index contributed by atoms with van der Waals surface area (Å²) in [5.74, 6) is 0.706. The molecular formula is C11H14ClN3O3. The van der Waals surface area contributed by atoms with Crippen LogP contribution in [0.1, 0.15) is 0 Å². The minimum atomic E-state index is -0.564. The molecule has 4 N–H and O–H groups in total. The van der Waals surface area contributed by atoms with E-state index in [0.717, 1.165) is 0 Å². The lowest BCUT2D eigenvalue weighted by Crippen LogP contribution is -2.20. The predicted molar refractivity (Wildman–Crippen MR) is 69.7 cm³/mol. The Morgan fingerprint density at radius 3 is 2.67 bits per heavy atom. The molecule has 98 valence electrons. The fourth-order valence-electron chi connectivity index (χ4n) is 1.19. The van der Waals surface area contributed by atoms with Crippen LogP contribution in [0.5, 0.6) is 11.5 Å². The minimum absolute atomic E-state index is 0.141. The molecule has 0 unspecified atom stereocenters. The van der Waals surface area contributed by atoms with E-state index in [1.165, 1.54) is 7.11 Å². The van der Waals surface area contributed by atoms with Crippen LogP contribution in [-0.2, 0) is 4.79 Å². The lowest BCUT2D eigenvalue weighted by atomic mass is 10.3. The van der Waals surface area contributed by atoms with Crippen molar-refractivity contribution >= 4 is 29.0 Å². The van der Waals surface area contributed by atoms with Crippen molar-refractivity contribution in [1.29, 1.82) is 0 Å². The number of carbonyl (C=O) groups excluding carboxylic acids is 1. The smallest absolute Gasteiger partial charge is 0.255 e. The molecule has 0 fully saturated rings. The predicted octanol–water partition coefficient (Wildman–Crippen LogP) is 0.787. The van der Waals surface area contributed by atoms with Crippen LogP contribution < -0.4 is 20.9 Å². The number of ether oxygens (including phenoxy) is 2. The number of hydrogen-bond acceptors (Lipinski definition) is 4. The number of primary amides is 1. The van der Waals surface area contributed by atoms with E-state index < -0.39 is 5.91 Å². The summed E-state index contributed by atoms with van der Waals surface area (Å²) in [5.41, 5.74) is 11.1. The molecule has 0 spiro atoms. The normalized spacial score (nSPS) is 11.1. The van der Waals surface area contributed by atoms with E-state index in [1.54, 1.807) is 18.2 Å². The first-order valence-corrected chi connectivity index (χ1v) is 5.58. The lowest BCUT2D eigenvalue weighted by molar-refractivity contribution is -0.119. The minimum Gasteiger partial charge on any atom is -0.493 e. The highest BCUT2D eigenvalue weighted by Crippen LogP contribution is 2.31. The maximum atomic E-state index is 10.6. The third kappa shape index (κ3) is 4.14. The van der Waals surface area contributed by atoms with E-state index in [2.05, 4.69) is 4.99 Å². The molecule has 1 amide bonds. The summed E-state index contributed by atoms with van der Waals surface area (Å²) in [6.07, 6.45) is 0. The van der Waals surface area contributed by atoms with Crippen LogP contribution in [0.4, 0.5) is 5.69 Å². The first-order chi connectivity index (χ1) is 8.56. The van der Waals surface area contributed by atoms with E-state index in [9.17, 15) is 4.79 Å². The van der Waals surface area contributed by atoms with E-state index in [0.29, 0.717) is 23.0 Å². The molecular weight excluding hydrogens is 258 g/mol. The molecule has 0 saturated carbocycles. The Morgan fingerprint density at radius 2 is 2.11 bits per heavy atom. The zero-order chi connectivity index (χ0) is 13.5. The van der Waals surface area contributed by atoms with Crippen LogP contribution in [0, 0.1) is 0 Å². The number of hydrogen-bond donors (Lipinski definition) is 2. The monoisotopic (exact) mass is 271 g/mol. The quantitative estimate of drug-likeness (QED) is 0.454. The van der Waals surface area contributed by atoms with Crippen molar-refractivity contribution in [3.05, 3.63) is 18.2 Å². The summed E-state index contributed by atoms with van der Waals surface area (Å²) >= 11 is 5.53. The van der Waals surface area contributed by atoms with Crippen molar-refractivity contribution in [3.63, 3.8) is 0 Å². The number of amides is 1. The van der Waals surface area contributed by atoms with E-state index in [-0.39, 0.29) is 12.5 Å². The van der Waals surface area contributed by atoms with Crippen molar-refractivity contribution in [3.8, 4) is 11.5 Å². The van der Waals surface area contributed by atoms with Gasteiger partial charge in [-0.15, -0.1) is 11.6 Å². The molecule has 1 rings (SSSR count). The van der Waals surface area contributed by atoms with E-state index >= 15 is 0 Å². The van der Waals surface area contributed by atoms with Crippen LogP contribution in [0.15, 0.2) is 23.2 Å². The maximum absolute atomic E-state index is 10.6. The molecule has 0 heterocycles. The summed E-state index contributed by atoms with van der Waals surface area (Å²) in [5, 5.41) is 0. The molecule has 18 heavy (non-hydrogen) atoms. The summed E-state index contributed by atoms with van der Waals surface area (Å²) in [7, 11) is 1.48. The molecule has 1 aromatic rings. The molecule has 0 aliphatic heterocycles. The molecule has 6 nitrogen and oxygen atoms in total. The molecule has 0 atom stereocenters. The third-order valence-electron chi connectivity index (χ3n) is 1.93. The van der Waals surface area contributed by atoms with Gasteiger partial charge < -0.3 is 20.9 Å². The highest BCUT2D eigenvalue weighted by atomic mass is 35.5. The summed E-state index contributed by atoms with van der Waals surface area (Å²) in [4.78, 5) is 14.7. The first kappa shape index (κ1) is 14.1. The average molecular weight is 272 g/mol. The zero-order valence-electron chi connectivity index (χ0n) is 9.85. The van der Waals surface area contributed by atoms with Gasteiger partial charge >= 0.3 is 0 Å². The number of methoxy groups -OCH3 is 1. The highest BCUT2D eigenvalue weighted by Gasteiger charge is 2.07. The van der Waals surface area contributed by atoms with Crippen LogP contribution in [0.2, 0.25) is 0 Å². The van der Waals surface area contributed by atoms with Crippen molar-refractivity contribution in [1.82, 2.24) is 0 Å².